The molecule has 1 aliphatic rings. The van der Waals surface area contributed by atoms with Gasteiger partial charge in [-0.1, -0.05) is 54.1 Å². The minimum atomic E-state index is -0.395. The smallest absolute Gasteiger partial charge is 0.234 e. The predicted molar refractivity (Wildman–Crippen MR) is 104 cm³/mol. The third-order valence-corrected chi connectivity index (χ3v) is 5.29. The van der Waals surface area contributed by atoms with Crippen molar-refractivity contribution in [1.82, 2.24) is 5.32 Å². The molecule has 0 radical (unpaired) electrons. The second-order valence-corrected chi connectivity index (χ2v) is 7.04. The molecule has 3 aromatic rings. The summed E-state index contributed by atoms with van der Waals surface area (Å²) in [6.07, 6.45) is 3.22. The number of hydrogen-bond donors (Lipinski definition) is 1. The van der Waals surface area contributed by atoms with E-state index < -0.39 is 5.92 Å². The van der Waals surface area contributed by atoms with Gasteiger partial charge in [-0.05, 0) is 35.2 Å². The van der Waals surface area contributed by atoms with Gasteiger partial charge in [-0.15, -0.1) is 0 Å². The number of imide groups is 1. The fraction of sp³-hybridized carbons (Fsp3) is 0.182. The Morgan fingerprint density at radius 1 is 1.04 bits per heavy atom. The maximum absolute atomic E-state index is 12.2. The van der Waals surface area contributed by atoms with Crippen LogP contribution in [0.2, 0.25) is 5.02 Å². The number of piperidine rings is 1. The van der Waals surface area contributed by atoms with Gasteiger partial charge in [-0.2, -0.15) is 0 Å². The van der Waals surface area contributed by atoms with E-state index in [1.807, 2.05) is 54.6 Å². The standard InChI is InChI=1S/C22H18ClNO3/c23-21-17(4-1-5-18(21)19-10-11-20(25)24-22(19)26)15-8-6-14(7-9-15)13-16-3-2-12-27-16/h1-9,12,19H,10-11,13H2,(H,24,25,26). The van der Waals surface area contributed by atoms with Crippen molar-refractivity contribution in [3.63, 3.8) is 0 Å². The lowest BCUT2D eigenvalue weighted by atomic mass is 9.88. The number of carbonyl (C=O) groups is 2. The first kappa shape index (κ1) is 17.6. The number of furan rings is 1. The molecule has 1 aliphatic heterocycles. The van der Waals surface area contributed by atoms with Crippen LogP contribution in [0.3, 0.4) is 0 Å². The molecule has 4 rings (SSSR count). The first-order valence-corrected chi connectivity index (χ1v) is 9.23. The van der Waals surface area contributed by atoms with Gasteiger partial charge in [0.05, 0.1) is 17.2 Å². The monoisotopic (exact) mass is 379 g/mol. The Hall–Kier alpha value is -2.85. The highest BCUT2D eigenvalue weighted by molar-refractivity contribution is 6.34. The summed E-state index contributed by atoms with van der Waals surface area (Å²) >= 11 is 6.65. The van der Waals surface area contributed by atoms with Crippen LogP contribution < -0.4 is 5.32 Å². The number of carbonyl (C=O) groups excluding carboxylic acids is 2. The van der Waals surface area contributed by atoms with Gasteiger partial charge in [0.2, 0.25) is 11.8 Å². The average molecular weight is 380 g/mol. The number of benzene rings is 2. The van der Waals surface area contributed by atoms with E-state index in [1.54, 1.807) is 6.26 Å². The Morgan fingerprint density at radius 3 is 2.56 bits per heavy atom. The lowest BCUT2D eigenvalue weighted by Crippen LogP contribution is -2.39. The van der Waals surface area contributed by atoms with Crippen LogP contribution >= 0.6 is 11.6 Å². The molecule has 0 aliphatic carbocycles. The maximum Gasteiger partial charge on any atom is 0.234 e. The maximum atomic E-state index is 12.2. The molecule has 0 bridgehead atoms. The van der Waals surface area contributed by atoms with E-state index in [-0.39, 0.29) is 11.8 Å². The van der Waals surface area contributed by atoms with Crippen LogP contribution in [0.25, 0.3) is 11.1 Å². The summed E-state index contributed by atoms with van der Waals surface area (Å²) in [5, 5.41) is 2.96. The van der Waals surface area contributed by atoms with Crippen molar-refractivity contribution in [3.8, 4) is 11.1 Å². The van der Waals surface area contributed by atoms with Gasteiger partial charge in [-0.25, -0.2) is 0 Å². The largest absolute Gasteiger partial charge is 0.469 e. The molecule has 5 heteroatoms. The first-order chi connectivity index (χ1) is 13.1. The SMILES string of the molecule is O=C1CCC(c2cccc(-c3ccc(Cc4ccco4)cc3)c2Cl)C(=O)N1. The van der Waals surface area contributed by atoms with Crippen molar-refractivity contribution < 1.29 is 14.0 Å². The van der Waals surface area contributed by atoms with Gasteiger partial charge < -0.3 is 4.42 Å². The van der Waals surface area contributed by atoms with E-state index >= 15 is 0 Å². The van der Waals surface area contributed by atoms with Crippen LogP contribution in [0.5, 0.6) is 0 Å². The summed E-state index contributed by atoms with van der Waals surface area (Å²) in [5.74, 6) is 0.0174. The molecular weight excluding hydrogens is 362 g/mol. The van der Waals surface area contributed by atoms with Crippen molar-refractivity contribution in [2.24, 2.45) is 0 Å². The van der Waals surface area contributed by atoms with Gasteiger partial charge in [0.15, 0.2) is 0 Å². The summed E-state index contributed by atoms with van der Waals surface area (Å²) in [5.41, 5.74) is 3.77. The molecule has 2 heterocycles. The van der Waals surface area contributed by atoms with Crippen LogP contribution in [0, 0.1) is 0 Å². The third-order valence-electron chi connectivity index (χ3n) is 4.87. The molecule has 1 saturated heterocycles. The summed E-state index contributed by atoms with van der Waals surface area (Å²) < 4.78 is 5.39. The van der Waals surface area contributed by atoms with Crippen LogP contribution in [0.4, 0.5) is 0 Å². The molecule has 2 aromatic carbocycles. The van der Waals surface area contributed by atoms with E-state index in [0.717, 1.165) is 34.4 Å². The molecule has 1 atom stereocenters. The molecule has 27 heavy (non-hydrogen) atoms. The summed E-state index contributed by atoms with van der Waals surface area (Å²) in [6, 6.07) is 17.7. The van der Waals surface area contributed by atoms with E-state index in [1.165, 1.54) is 0 Å². The van der Waals surface area contributed by atoms with Gasteiger partial charge in [-0.3, -0.25) is 14.9 Å². The second-order valence-electron chi connectivity index (χ2n) is 6.67. The summed E-state index contributed by atoms with van der Waals surface area (Å²) in [7, 11) is 0. The predicted octanol–water partition coefficient (Wildman–Crippen LogP) is 4.71. The topological polar surface area (TPSA) is 59.3 Å². The van der Waals surface area contributed by atoms with Crippen molar-refractivity contribution in [1.29, 1.82) is 0 Å². The normalized spacial score (nSPS) is 17.0. The molecule has 1 aromatic heterocycles. The highest BCUT2D eigenvalue weighted by Crippen LogP contribution is 2.37. The average Bonchev–Trinajstić information content (AvgIpc) is 3.16. The molecule has 0 spiro atoms. The van der Waals surface area contributed by atoms with E-state index in [0.29, 0.717) is 17.9 Å². The molecule has 1 N–H and O–H groups in total. The van der Waals surface area contributed by atoms with Crippen molar-refractivity contribution in [2.75, 3.05) is 0 Å². The lowest BCUT2D eigenvalue weighted by Gasteiger charge is -2.23. The summed E-state index contributed by atoms with van der Waals surface area (Å²) in [6.45, 7) is 0. The molecule has 0 saturated carbocycles. The van der Waals surface area contributed by atoms with Gasteiger partial charge >= 0.3 is 0 Å². The quantitative estimate of drug-likeness (QED) is 0.668. The molecule has 136 valence electrons. The fourth-order valence-corrected chi connectivity index (χ4v) is 3.82. The van der Waals surface area contributed by atoms with E-state index in [9.17, 15) is 9.59 Å². The van der Waals surface area contributed by atoms with E-state index in [2.05, 4.69) is 5.32 Å². The molecule has 4 nitrogen and oxygen atoms in total. The zero-order valence-electron chi connectivity index (χ0n) is 14.6. The third kappa shape index (κ3) is 3.67. The Balaban J connectivity index is 1.60. The Kier molecular flexibility index (Phi) is 4.82. The van der Waals surface area contributed by atoms with Crippen LogP contribution in [-0.2, 0) is 16.0 Å². The fourth-order valence-electron chi connectivity index (χ4n) is 3.45. The Labute approximate surface area is 162 Å². The van der Waals surface area contributed by atoms with Crippen molar-refractivity contribution in [3.05, 3.63) is 82.8 Å². The van der Waals surface area contributed by atoms with Crippen LogP contribution in [0.1, 0.15) is 35.6 Å². The molecule has 1 fully saturated rings. The second kappa shape index (κ2) is 7.41. The van der Waals surface area contributed by atoms with E-state index in [4.69, 9.17) is 16.0 Å². The Bertz CT molecular complexity index is 977. The van der Waals surface area contributed by atoms with Gasteiger partial charge in [0.1, 0.15) is 5.76 Å². The zero-order valence-corrected chi connectivity index (χ0v) is 15.3. The minimum absolute atomic E-state index is 0.226. The van der Waals surface area contributed by atoms with Gasteiger partial charge in [0.25, 0.3) is 0 Å². The zero-order chi connectivity index (χ0) is 18.8. The molecule has 2 amide bonds. The Morgan fingerprint density at radius 2 is 1.85 bits per heavy atom. The number of nitrogens with one attached hydrogen (secondary N) is 1. The van der Waals surface area contributed by atoms with Crippen LogP contribution in [0.15, 0.2) is 65.3 Å². The number of halogens is 1. The lowest BCUT2D eigenvalue weighted by molar-refractivity contribution is -0.134. The van der Waals surface area contributed by atoms with Crippen molar-refractivity contribution in [2.45, 2.75) is 25.2 Å². The van der Waals surface area contributed by atoms with Gasteiger partial charge in [0, 0.05) is 18.4 Å². The van der Waals surface area contributed by atoms with Crippen molar-refractivity contribution >= 4 is 23.4 Å². The highest BCUT2D eigenvalue weighted by Gasteiger charge is 2.30. The first-order valence-electron chi connectivity index (χ1n) is 8.85. The summed E-state index contributed by atoms with van der Waals surface area (Å²) in [4.78, 5) is 23.6. The minimum Gasteiger partial charge on any atom is -0.469 e. The number of rotatable bonds is 4. The molecule has 1 unspecified atom stereocenters. The molecular formula is C22H18ClNO3. The highest BCUT2D eigenvalue weighted by atomic mass is 35.5. The number of hydrogen-bond acceptors (Lipinski definition) is 3. The van der Waals surface area contributed by atoms with Crippen LogP contribution in [-0.4, -0.2) is 11.8 Å². The number of amides is 2.